The Kier molecular flexibility index (Phi) is 2.76. The van der Waals surface area contributed by atoms with Crippen LogP contribution in [0.4, 0.5) is 5.69 Å². The van der Waals surface area contributed by atoms with Crippen molar-refractivity contribution in [3.63, 3.8) is 0 Å². The van der Waals surface area contributed by atoms with Crippen LogP contribution in [0.25, 0.3) is 0 Å². The van der Waals surface area contributed by atoms with E-state index in [1.54, 1.807) is 0 Å². The van der Waals surface area contributed by atoms with Crippen molar-refractivity contribution in [1.82, 2.24) is 0 Å². The summed E-state index contributed by atoms with van der Waals surface area (Å²) in [7, 11) is 0. The zero-order valence-electron chi connectivity index (χ0n) is 9.16. The molecule has 0 aliphatic carbocycles. The average molecular weight is 189 g/mol. The number of nitrogens with zero attached hydrogens (tertiary/aromatic N) is 1. The van der Waals surface area contributed by atoms with Crippen LogP contribution >= 0.6 is 0 Å². The molecule has 0 unspecified atom stereocenters. The quantitative estimate of drug-likeness (QED) is 0.706. The van der Waals surface area contributed by atoms with Gasteiger partial charge in [0, 0.05) is 18.8 Å². The van der Waals surface area contributed by atoms with Crippen molar-refractivity contribution in [3.05, 3.63) is 29.8 Å². The summed E-state index contributed by atoms with van der Waals surface area (Å²) >= 11 is 0. The van der Waals surface area contributed by atoms with E-state index in [0.717, 1.165) is 5.92 Å². The minimum absolute atomic E-state index is 0.808. The molecule has 1 heterocycles. The van der Waals surface area contributed by atoms with Gasteiger partial charge in [-0.1, -0.05) is 32.0 Å². The van der Waals surface area contributed by atoms with Crippen LogP contribution in [0.5, 0.6) is 0 Å². The van der Waals surface area contributed by atoms with Gasteiger partial charge in [-0.25, -0.2) is 0 Å². The number of benzene rings is 1. The highest BCUT2D eigenvalue weighted by atomic mass is 15.1. The molecule has 0 spiro atoms. The van der Waals surface area contributed by atoms with E-state index >= 15 is 0 Å². The molecule has 2 rings (SSSR count). The molecule has 0 amide bonds. The molecule has 0 fully saturated rings. The highest BCUT2D eigenvalue weighted by molar-refractivity contribution is 5.57. The first-order valence-corrected chi connectivity index (χ1v) is 5.60. The summed E-state index contributed by atoms with van der Waals surface area (Å²) in [6.07, 6.45) is 2.53. The number of anilines is 1. The van der Waals surface area contributed by atoms with Crippen LogP contribution in [0, 0.1) is 5.92 Å². The SMILES string of the molecule is CC(C)CCN1CCc2ccccc21. The standard InChI is InChI=1S/C13H19N/c1-11(2)7-9-14-10-8-12-5-3-4-6-13(12)14/h3-6,11H,7-10H2,1-2H3. The molecule has 76 valence electrons. The Morgan fingerprint density at radius 1 is 1.29 bits per heavy atom. The molecular weight excluding hydrogens is 170 g/mol. The number of fused-ring (bicyclic) bond motifs is 1. The molecule has 1 aromatic carbocycles. The van der Waals surface area contributed by atoms with Gasteiger partial charge in [-0.15, -0.1) is 0 Å². The second kappa shape index (κ2) is 4.04. The van der Waals surface area contributed by atoms with Crippen molar-refractivity contribution in [2.75, 3.05) is 18.0 Å². The van der Waals surface area contributed by atoms with Crippen molar-refractivity contribution < 1.29 is 0 Å². The van der Waals surface area contributed by atoms with Crippen molar-refractivity contribution >= 4 is 5.69 Å². The van der Waals surface area contributed by atoms with Gasteiger partial charge < -0.3 is 4.90 Å². The average Bonchev–Trinajstić information content (AvgIpc) is 2.58. The van der Waals surface area contributed by atoms with Gasteiger partial charge in [0.05, 0.1) is 0 Å². The lowest BCUT2D eigenvalue weighted by atomic mass is 10.1. The highest BCUT2D eigenvalue weighted by Crippen LogP contribution is 2.27. The molecule has 1 aliphatic heterocycles. The fourth-order valence-electron chi connectivity index (χ4n) is 2.05. The fraction of sp³-hybridized carbons (Fsp3) is 0.538. The van der Waals surface area contributed by atoms with Gasteiger partial charge in [-0.3, -0.25) is 0 Å². The van der Waals surface area contributed by atoms with Crippen molar-refractivity contribution in [2.45, 2.75) is 26.7 Å². The summed E-state index contributed by atoms with van der Waals surface area (Å²) in [5.74, 6) is 0.808. The lowest BCUT2D eigenvalue weighted by molar-refractivity contribution is 0.578. The first kappa shape index (κ1) is 9.57. The number of rotatable bonds is 3. The van der Waals surface area contributed by atoms with Gasteiger partial charge in [0.2, 0.25) is 0 Å². The molecule has 0 saturated carbocycles. The van der Waals surface area contributed by atoms with Crippen molar-refractivity contribution in [3.8, 4) is 0 Å². The number of para-hydroxylation sites is 1. The summed E-state index contributed by atoms with van der Waals surface area (Å²) in [4.78, 5) is 2.52. The molecule has 1 nitrogen and oxygen atoms in total. The molecule has 1 aromatic rings. The van der Waals surface area contributed by atoms with Crippen molar-refractivity contribution in [1.29, 1.82) is 0 Å². The van der Waals surface area contributed by atoms with Crippen LogP contribution in [-0.4, -0.2) is 13.1 Å². The molecule has 0 atom stereocenters. The van der Waals surface area contributed by atoms with Crippen LogP contribution in [0.3, 0.4) is 0 Å². The number of hydrogen-bond acceptors (Lipinski definition) is 1. The zero-order valence-corrected chi connectivity index (χ0v) is 9.16. The van der Waals surface area contributed by atoms with Crippen LogP contribution in [0.15, 0.2) is 24.3 Å². The van der Waals surface area contributed by atoms with E-state index in [9.17, 15) is 0 Å². The topological polar surface area (TPSA) is 3.24 Å². The largest absolute Gasteiger partial charge is 0.371 e. The Morgan fingerprint density at radius 2 is 2.07 bits per heavy atom. The minimum Gasteiger partial charge on any atom is -0.371 e. The molecule has 1 heteroatoms. The van der Waals surface area contributed by atoms with Crippen LogP contribution in [0.1, 0.15) is 25.8 Å². The van der Waals surface area contributed by atoms with E-state index in [0.29, 0.717) is 0 Å². The van der Waals surface area contributed by atoms with Crippen LogP contribution < -0.4 is 4.90 Å². The van der Waals surface area contributed by atoms with Gasteiger partial charge in [0.1, 0.15) is 0 Å². The maximum absolute atomic E-state index is 2.52. The predicted octanol–water partition coefficient (Wildman–Crippen LogP) is 3.10. The van der Waals surface area contributed by atoms with Gasteiger partial charge >= 0.3 is 0 Å². The van der Waals surface area contributed by atoms with E-state index in [2.05, 4.69) is 43.0 Å². The maximum Gasteiger partial charge on any atom is 0.0399 e. The minimum atomic E-state index is 0.808. The summed E-state index contributed by atoms with van der Waals surface area (Å²) < 4.78 is 0. The third-order valence-electron chi connectivity index (χ3n) is 2.96. The smallest absolute Gasteiger partial charge is 0.0399 e. The molecule has 1 aliphatic rings. The normalized spacial score (nSPS) is 14.9. The van der Waals surface area contributed by atoms with Gasteiger partial charge in [0.25, 0.3) is 0 Å². The molecule has 0 radical (unpaired) electrons. The van der Waals surface area contributed by atoms with E-state index in [1.165, 1.54) is 37.2 Å². The molecule has 14 heavy (non-hydrogen) atoms. The van der Waals surface area contributed by atoms with Crippen molar-refractivity contribution in [2.24, 2.45) is 5.92 Å². The van der Waals surface area contributed by atoms with Crippen LogP contribution in [0.2, 0.25) is 0 Å². The first-order chi connectivity index (χ1) is 6.77. The highest BCUT2D eigenvalue weighted by Gasteiger charge is 2.17. The Balaban J connectivity index is 2.03. The maximum atomic E-state index is 2.52. The monoisotopic (exact) mass is 189 g/mol. The Labute approximate surface area is 86.7 Å². The van der Waals surface area contributed by atoms with E-state index in [4.69, 9.17) is 0 Å². The number of hydrogen-bond donors (Lipinski definition) is 0. The fourth-order valence-corrected chi connectivity index (χ4v) is 2.05. The molecule has 0 N–H and O–H groups in total. The van der Waals surface area contributed by atoms with Gasteiger partial charge in [-0.05, 0) is 30.4 Å². The predicted molar refractivity (Wildman–Crippen MR) is 61.8 cm³/mol. The third kappa shape index (κ3) is 1.92. The first-order valence-electron chi connectivity index (χ1n) is 5.60. The molecule has 0 aromatic heterocycles. The third-order valence-corrected chi connectivity index (χ3v) is 2.96. The lowest BCUT2D eigenvalue weighted by Gasteiger charge is -2.20. The Bertz CT molecular complexity index is 304. The second-order valence-corrected chi connectivity index (χ2v) is 4.55. The zero-order chi connectivity index (χ0) is 9.97. The van der Waals surface area contributed by atoms with E-state index < -0.39 is 0 Å². The second-order valence-electron chi connectivity index (χ2n) is 4.55. The van der Waals surface area contributed by atoms with Gasteiger partial charge in [0.15, 0.2) is 0 Å². The molecule has 0 bridgehead atoms. The molecular formula is C13H19N. The summed E-state index contributed by atoms with van der Waals surface area (Å²) in [6.45, 7) is 7.02. The Hall–Kier alpha value is -0.980. The molecule has 0 saturated heterocycles. The van der Waals surface area contributed by atoms with E-state index in [-0.39, 0.29) is 0 Å². The summed E-state index contributed by atoms with van der Waals surface area (Å²) in [6, 6.07) is 8.80. The lowest BCUT2D eigenvalue weighted by Crippen LogP contribution is -2.22. The summed E-state index contributed by atoms with van der Waals surface area (Å²) in [5.41, 5.74) is 2.99. The summed E-state index contributed by atoms with van der Waals surface area (Å²) in [5, 5.41) is 0. The van der Waals surface area contributed by atoms with Gasteiger partial charge in [-0.2, -0.15) is 0 Å². The Morgan fingerprint density at radius 3 is 2.86 bits per heavy atom. The van der Waals surface area contributed by atoms with E-state index in [1.807, 2.05) is 0 Å². The van der Waals surface area contributed by atoms with Crippen LogP contribution in [-0.2, 0) is 6.42 Å².